The summed E-state index contributed by atoms with van der Waals surface area (Å²) in [4.78, 5) is 4.15. The van der Waals surface area contributed by atoms with Gasteiger partial charge in [0.1, 0.15) is 5.56 Å². The van der Waals surface area contributed by atoms with E-state index in [0.29, 0.717) is 10.7 Å². The maximum absolute atomic E-state index is 13.2. The number of nitrogen functional groups attached to an aromatic ring is 1. The first-order valence-electron chi connectivity index (χ1n) is 9.13. The molecule has 0 aliphatic carbocycles. The summed E-state index contributed by atoms with van der Waals surface area (Å²) >= 11 is 6.35. The van der Waals surface area contributed by atoms with E-state index < -0.39 is 11.9 Å². The number of rotatable bonds is 5. The molecule has 0 unspecified atom stereocenters. The zero-order valence-electron chi connectivity index (χ0n) is 16.0. The summed E-state index contributed by atoms with van der Waals surface area (Å²) in [5.41, 5.74) is 7.82. The number of nitrogens with zero attached hydrogens (tertiary/aromatic N) is 4. The summed E-state index contributed by atoms with van der Waals surface area (Å²) in [5.74, 6) is -1.36. The van der Waals surface area contributed by atoms with E-state index in [1.807, 2.05) is 23.6 Å². The molecule has 0 saturated carbocycles. The lowest BCUT2D eigenvalue weighted by molar-refractivity contribution is -0.155. The Bertz CT molecular complexity index is 1230. The van der Waals surface area contributed by atoms with E-state index in [2.05, 4.69) is 19.8 Å². The van der Waals surface area contributed by atoms with Crippen molar-refractivity contribution in [1.82, 2.24) is 19.9 Å². The zero-order chi connectivity index (χ0) is 21.6. The van der Waals surface area contributed by atoms with Crippen LogP contribution in [0.1, 0.15) is 36.3 Å². The van der Waals surface area contributed by atoms with Crippen molar-refractivity contribution in [1.29, 1.82) is 0 Å². The number of alkyl halides is 3. The lowest BCUT2D eigenvalue weighted by Crippen LogP contribution is -2.06. The van der Waals surface area contributed by atoms with Crippen molar-refractivity contribution in [2.45, 2.75) is 39.4 Å². The molecule has 0 radical (unpaired) electrons. The average molecular weight is 440 g/mol. The second-order valence-corrected chi connectivity index (χ2v) is 7.24. The summed E-state index contributed by atoms with van der Waals surface area (Å²) < 4.78 is 51.1. The summed E-state index contributed by atoms with van der Waals surface area (Å²) in [5, 5.41) is 8.49. The summed E-state index contributed by atoms with van der Waals surface area (Å²) in [6, 6.07) is 5.49. The fourth-order valence-corrected chi connectivity index (χ4v) is 3.61. The minimum absolute atomic E-state index is 0.0119. The third-order valence-corrected chi connectivity index (χ3v) is 5.16. The first kappa shape index (κ1) is 20.3. The molecule has 4 rings (SSSR count). The number of aryl methyl sites for hydroxylation is 2. The summed E-state index contributed by atoms with van der Waals surface area (Å²) in [7, 11) is 0. The van der Waals surface area contributed by atoms with E-state index in [4.69, 9.17) is 21.9 Å². The Labute approximate surface area is 173 Å². The molecular formula is C19H17ClF3N5O2. The van der Waals surface area contributed by atoms with Crippen LogP contribution < -0.4 is 5.73 Å². The van der Waals surface area contributed by atoms with Gasteiger partial charge < -0.3 is 19.3 Å². The Kier molecular flexibility index (Phi) is 4.97. The van der Waals surface area contributed by atoms with E-state index in [1.54, 1.807) is 6.07 Å². The van der Waals surface area contributed by atoms with Crippen LogP contribution in [0.5, 0.6) is 0 Å². The Balaban J connectivity index is 1.75. The monoisotopic (exact) mass is 439 g/mol. The standard InChI is InChI=1S/C19H17ClF3N5O2/c1-3-4-10-7-11-13(6-5-12(24)16(11)20)28(10)8-14-25-18(30-27-14)15-9(2)26-29-17(15)19(21,22)23/h5-7H,3-4,8,24H2,1-2H3. The molecule has 1 aromatic carbocycles. The van der Waals surface area contributed by atoms with Gasteiger partial charge in [0.05, 0.1) is 28.5 Å². The predicted molar refractivity (Wildman–Crippen MR) is 104 cm³/mol. The molecule has 11 heteroatoms. The van der Waals surface area contributed by atoms with Gasteiger partial charge in [0.15, 0.2) is 5.82 Å². The van der Waals surface area contributed by atoms with Crippen LogP contribution in [0.15, 0.2) is 27.2 Å². The molecule has 0 aliphatic rings. The van der Waals surface area contributed by atoms with E-state index in [9.17, 15) is 13.2 Å². The van der Waals surface area contributed by atoms with Gasteiger partial charge in [0.2, 0.25) is 0 Å². The zero-order valence-corrected chi connectivity index (χ0v) is 16.8. The Morgan fingerprint density at radius 3 is 2.67 bits per heavy atom. The fourth-order valence-electron chi connectivity index (χ4n) is 3.40. The molecular weight excluding hydrogens is 423 g/mol. The van der Waals surface area contributed by atoms with Gasteiger partial charge in [-0.25, -0.2) is 0 Å². The predicted octanol–water partition coefficient (Wildman–Crippen LogP) is 5.24. The van der Waals surface area contributed by atoms with Crippen LogP contribution in [0.25, 0.3) is 22.4 Å². The van der Waals surface area contributed by atoms with E-state index in [-0.39, 0.29) is 29.5 Å². The maximum atomic E-state index is 13.2. The number of aromatic nitrogens is 4. The van der Waals surface area contributed by atoms with Gasteiger partial charge in [-0.2, -0.15) is 18.2 Å². The molecule has 0 saturated heterocycles. The molecule has 30 heavy (non-hydrogen) atoms. The normalized spacial score (nSPS) is 12.2. The number of hydrogen-bond acceptors (Lipinski definition) is 6. The second kappa shape index (κ2) is 7.35. The molecule has 3 aromatic heterocycles. The third-order valence-electron chi connectivity index (χ3n) is 4.74. The number of benzene rings is 1. The highest BCUT2D eigenvalue weighted by atomic mass is 35.5. The van der Waals surface area contributed by atoms with Crippen LogP contribution in [0.4, 0.5) is 18.9 Å². The highest BCUT2D eigenvalue weighted by Gasteiger charge is 2.42. The number of anilines is 1. The molecule has 158 valence electrons. The van der Waals surface area contributed by atoms with Crippen LogP contribution in [0.3, 0.4) is 0 Å². The Morgan fingerprint density at radius 2 is 1.97 bits per heavy atom. The molecule has 3 heterocycles. The van der Waals surface area contributed by atoms with E-state index in [1.165, 1.54) is 6.92 Å². The minimum Gasteiger partial charge on any atom is -0.398 e. The van der Waals surface area contributed by atoms with Crippen LogP contribution >= 0.6 is 11.6 Å². The van der Waals surface area contributed by atoms with Gasteiger partial charge >= 0.3 is 6.18 Å². The lowest BCUT2D eigenvalue weighted by Gasteiger charge is -2.08. The molecule has 0 bridgehead atoms. The lowest BCUT2D eigenvalue weighted by atomic mass is 10.2. The van der Waals surface area contributed by atoms with Crippen molar-refractivity contribution in [2.24, 2.45) is 0 Å². The molecule has 0 spiro atoms. The SMILES string of the molecule is CCCc1cc2c(Cl)c(N)ccc2n1Cc1noc(-c2c(C)noc2C(F)(F)F)n1. The van der Waals surface area contributed by atoms with Crippen molar-refractivity contribution >= 4 is 28.2 Å². The maximum Gasteiger partial charge on any atom is 0.453 e. The first-order valence-corrected chi connectivity index (χ1v) is 9.51. The minimum atomic E-state index is -4.73. The van der Waals surface area contributed by atoms with Gasteiger partial charge in [0, 0.05) is 11.1 Å². The topological polar surface area (TPSA) is 95.9 Å². The van der Waals surface area contributed by atoms with Crippen LogP contribution in [-0.2, 0) is 19.1 Å². The van der Waals surface area contributed by atoms with Crippen molar-refractivity contribution in [2.75, 3.05) is 5.73 Å². The molecule has 7 nitrogen and oxygen atoms in total. The van der Waals surface area contributed by atoms with Crippen LogP contribution in [-0.4, -0.2) is 19.9 Å². The largest absolute Gasteiger partial charge is 0.453 e. The van der Waals surface area contributed by atoms with Crippen molar-refractivity contribution in [3.63, 3.8) is 0 Å². The number of hydrogen-bond donors (Lipinski definition) is 1. The van der Waals surface area contributed by atoms with E-state index >= 15 is 0 Å². The van der Waals surface area contributed by atoms with Gasteiger partial charge in [-0.05, 0) is 31.5 Å². The fraction of sp³-hybridized carbons (Fsp3) is 0.316. The van der Waals surface area contributed by atoms with Gasteiger partial charge in [-0.3, -0.25) is 0 Å². The first-order chi connectivity index (χ1) is 14.2. The second-order valence-electron chi connectivity index (χ2n) is 6.86. The molecule has 0 atom stereocenters. The number of halogens is 4. The molecule has 0 amide bonds. The average Bonchev–Trinajstić information content (AvgIpc) is 3.37. The molecule has 2 N–H and O–H groups in total. The number of nitrogens with two attached hydrogens (primary N) is 1. The van der Waals surface area contributed by atoms with Gasteiger partial charge in [-0.1, -0.05) is 35.3 Å². The Morgan fingerprint density at radius 1 is 1.20 bits per heavy atom. The Hall–Kier alpha value is -3.01. The summed E-state index contributed by atoms with van der Waals surface area (Å²) in [6.07, 6.45) is -3.08. The third kappa shape index (κ3) is 3.41. The van der Waals surface area contributed by atoms with Gasteiger partial charge in [-0.15, -0.1) is 0 Å². The van der Waals surface area contributed by atoms with Crippen molar-refractivity contribution < 1.29 is 22.2 Å². The van der Waals surface area contributed by atoms with E-state index in [0.717, 1.165) is 29.4 Å². The highest BCUT2D eigenvalue weighted by molar-refractivity contribution is 6.38. The summed E-state index contributed by atoms with van der Waals surface area (Å²) in [6.45, 7) is 3.61. The van der Waals surface area contributed by atoms with Crippen LogP contribution in [0.2, 0.25) is 5.02 Å². The number of fused-ring (bicyclic) bond motifs is 1. The molecule has 0 fully saturated rings. The quantitative estimate of drug-likeness (QED) is 0.427. The van der Waals surface area contributed by atoms with Crippen molar-refractivity contribution in [3.8, 4) is 11.5 Å². The highest BCUT2D eigenvalue weighted by Crippen LogP contribution is 2.38. The molecule has 0 aliphatic heterocycles. The smallest absolute Gasteiger partial charge is 0.398 e. The molecule has 4 aromatic rings. The van der Waals surface area contributed by atoms with Crippen molar-refractivity contribution in [3.05, 3.63) is 46.2 Å². The van der Waals surface area contributed by atoms with Crippen LogP contribution in [0, 0.1) is 6.92 Å². The van der Waals surface area contributed by atoms with Gasteiger partial charge in [0.25, 0.3) is 11.7 Å².